The lowest BCUT2D eigenvalue weighted by atomic mass is 10.5. The van der Waals surface area contributed by atoms with E-state index in [9.17, 15) is 4.39 Å². The molecule has 0 amide bonds. The zero-order valence-corrected chi connectivity index (χ0v) is 4.37. The van der Waals surface area contributed by atoms with Gasteiger partial charge in [-0.1, -0.05) is 11.6 Å². The second kappa shape index (κ2) is 1.66. The molecule has 7 heavy (non-hydrogen) atoms. The van der Waals surface area contributed by atoms with Crippen molar-refractivity contribution in [2.75, 3.05) is 0 Å². The van der Waals surface area contributed by atoms with Crippen LogP contribution in [-0.4, -0.2) is 0 Å². The summed E-state index contributed by atoms with van der Waals surface area (Å²) in [4.78, 5) is 0. The Kier molecular flexibility index (Phi) is 1.15. The molecule has 0 aromatic rings. The summed E-state index contributed by atoms with van der Waals surface area (Å²) >= 11 is 5.38. The smallest absolute Gasteiger partial charge is 0.120 e. The molecule has 0 aliphatic heterocycles. The average molecular weight is 119 g/mol. The fourth-order valence-electron chi connectivity index (χ4n) is 0.462. The van der Waals surface area contributed by atoms with Crippen LogP contribution >= 0.6 is 11.6 Å². The van der Waals surface area contributed by atoms with Crippen LogP contribution in [0.2, 0.25) is 0 Å². The molecule has 0 nitrogen and oxygen atoms in total. The number of hydrogen-bond acceptors (Lipinski definition) is 0. The number of halogens is 2. The molecule has 0 radical (unpaired) electrons. The first-order valence-corrected chi connectivity index (χ1v) is 2.38. The van der Waals surface area contributed by atoms with Crippen LogP contribution < -0.4 is 0 Å². The molecule has 0 atom stereocenters. The zero-order chi connectivity index (χ0) is 5.28. The van der Waals surface area contributed by atoms with Crippen LogP contribution in [0.5, 0.6) is 0 Å². The van der Waals surface area contributed by atoms with Crippen molar-refractivity contribution < 1.29 is 4.39 Å². The third-order valence-corrected chi connectivity index (χ3v) is 1.05. The molecule has 2 heteroatoms. The normalized spacial score (nSPS) is 19.1. The van der Waals surface area contributed by atoms with Gasteiger partial charge >= 0.3 is 0 Å². The van der Waals surface area contributed by atoms with Crippen molar-refractivity contribution in [3.8, 4) is 0 Å². The highest BCUT2D eigenvalue weighted by Gasteiger charge is 2.00. The van der Waals surface area contributed by atoms with Gasteiger partial charge in [0.25, 0.3) is 0 Å². The molecule has 0 unspecified atom stereocenters. The highest BCUT2D eigenvalue weighted by Crippen LogP contribution is 2.20. The van der Waals surface area contributed by atoms with Gasteiger partial charge in [0.2, 0.25) is 0 Å². The summed E-state index contributed by atoms with van der Waals surface area (Å²) in [7, 11) is 0. The summed E-state index contributed by atoms with van der Waals surface area (Å²) < 4.78 is 11.9. The Labute approximate surface area is 46.3 Å². The zero-order valence-electron chi connectivity index (χ0n) is 3.62. The van der Waals surface area contributed by atoms with E-state index >= 15 is 0 Å². The highest BCUT2D eigenvalue weighted by molar-refractivity contribution is 6.30. The van der Waals surface area contributed by atoms with Crippen LogP contribution in [-0.2, 0) is 0 Å². The van der Waals surface area contributed by atoms with E-state index in [1.165, 1.54) is 12.2 Å². The number of hydrogen-bond donors (Lipinski definition) is 0. The summed E-state index contributed by atoms with van der Waals surface area (Å²) in [6, 6.07) is 0. The molecule has 0 aromatic carbocycles. The van der Waals surface area contributed by atoms with Gasteiger partial charge in [-0.15, -0.1) is 0 Å². The maximum absolute atomic E-state index is 11.9. The van der Waals surface area contributed by atoms with Crippen molar-refractivity contribution in [2.24, 2.45) is 0 Å². The largest absolute Gasteiger partial charge is 0.207 e. The number of rotatable bonds is 0. The summed E-state index contributed by atoms with van der Waals surface area (Å²) in [5, 5.41) is 0.581. The van der Waals surface area contributed by atoms with Crippen molar-refractivity contribution in [2.45, 2.75) is 6.42 Å². The van der Waals surface area contributed by atoms with Gasteiger partial charge in [0.1, 0.15) is 5.83 Å². The predicted molar refractivity (Wildman–Crippen MR) is 27.7 cm³/mol. The fraction of sp³-hybridized carbons (Fsp3) is 0.200. The van der Waals surface area contributed by atoms with Crippen LogP contribution in [0.25, 0.3) is 0 Å². The van der Waals surface area contributed by atoms with E-state index in [2.05, 4.69) is 0 Å². The molecule has 0 fully saturated rings. The quantitative estimate of drug-likeness (QED) is 0.458. The van der Waals surface area contributed by atoms with E-state index in [1.54, 1.807) is 0 Å². The van der Waals surface area contributed by atoms with Gasteiger partial charge in [-0.3, -0.25) is 0 Å². The van der Waals surface area contributed by atoms with Crippen molar-refractivity contribution in [1.82, 2.24) is 0 Å². The molecule has 0 N–H and O–H groups in total. The lowest BCUT2D eigenvalue weighted by molar-refractivity contribution is 0.668. The molecule has 0 saturated heterocycles. The fourth-order valence-corrected chi connectivity index (χ4v) is 0.644. The van der Waals surface area contributed by atoms with Gasteiger partial charge in [0.15, 0.2) is 0 Å². The standard InChI is InChI=1S/C5H4ClF/c6-4-1-2-5(7)3-4/h2-3H,1H2. The highest BCUT2D eigenvalue weighted by atomic mass is 35.5. The molecule has 0 aromatic heterocycles. The summed E-state index contributed by atoms with van der Waals surface area (Å²) in [6.45, 7) is 0. The van der Waals surface area contributed by atoms with Crippen LogP contribution in [0.3, 0.4) is 0 Å². The van der Waals surface area contributed by atoms with Gasteiger partial charge in [0.05, 0.1) is 0 Å². The van der Waals surface area contributed by atoms with E-state index in [-0.39, 0.29) is 5.83 Å². The Hall–Kier alpha value is -0.300. The minimum absolute atomic E-state index is 0.218. The molecule has 1 aliphatic rings. The van der Waals surface area contributed by atoms with Crippen LogP contribution in [0.4, 0.5) is 4.39 Å². The Bertz CT molecular complexity index is 135. The third-order valence-electron chi connectivity index (χ3n) is 0.787. The minimum Gasteiger partial charge on any atom is -0.207 e. The van der Waals surface area contributed by atoms with Gasteiger partial charge < -0.3 is 0 Å². The maximum Gasteiger partial charge on any atom is 0.120 e. The van der Waals surface area contributed by atoms with Gasteiger partial charge in [-0.2, -0.15) is 0 Å². The predicted octanol–water partition coefficient (Wildman–Crippen LogP) is 2.37. The van der Waals surface area contributed by atoms with Gasteiger partial charge in [-0.25, -0.2) is 4.39 Å². The molecule has 0 saturated carbocycles. The Morgan fingerprint density at radius 3 is 2.57 bits per heavy atom. The van der Waals surface area contributed by atoms with Crippen molar-refractivity contribution in [1.29, 1.82) is 0 Å². The monoisotopic (exact) mass is 118 g/mol. The summed E-state index contributed by atoms with van der Waals surface area (Å²) in [6.07, 6.45) is 3.33. The molecule has 0 spiro atoms. The summed E-state index contributed by atoms with van der Waals surface area (Å²) in [5.74, 6) is -0.218. The first-order valence-electron chi connectivity index (χ1n) is 2.01. The number of allylic oxidation sites excluding steroid dienone is 4. The summed E-state index contributed by atoms with van der Waals surface area (Å²) in [5.41, 5.74) is 0. The lowest BCUT2D eigenvalue weighted by Crippen LogP contribution is -1.53. The van der Waals surface area contributed by atoms with Gasteiger partial charge in [-0.05, 0) is 12.2 Å². The third kappa shape index (κ3) is 1.03. The maximum atomic E-state index is 11.9. The van der Waals surface area contributed by atoms with Crippen LogP contribution in [0.15, 0.2) is 23.0 Å². The van der Waals surface area contributed by atoms with E-state index in [4.69, 9.17) is 11.6 Å². The Morgan fingerprint density at radius 2 is 2.43 bits per heavy atom. The molecule has 1 rings (SSSR count). The lowest BCUT2D eigenvalue weighted by Gasteiger charge is -1.74. The second-order valence-electron chi connectivity index (χ2n) is 1.38. The topological polar surface area (TPSA) is 0 Å². The van der Waals surface area contributed by atoms with Crippen molar-refractivity contribution in [3.05, 3.63) is 23.0 Å². The van der Waals surface area contributed by atoms with Crippen LogP contribution in [0.1, 0.15) is 6.42 Å². The molecular formula is C5H4ClF. The average Bonchev–Trinajstić information content (AvgIpc) is 1.87. The minimum atomic E-state index is -0.218. The Balaban J connectivity index is 2.69. The Morgan fingerprint density at radius 1 is 1.71 bits per heavy atom. The second-order valence-corrected chi connectivity index (χ2v) is 1.87. The first kappa shape index (κ1) is 4.85. The van der Waals surface area contributed by atoms with E-state index in [1.807, 2.05) is 0 Å². The van der Waals surface area contributed by atoms with Crippen LogP contribution in [0, 0.1) is 0 Å². The van der Waals surface area contributed by atoms with E-state index < -0.39 is 0 Å². The van der Waals surface area contributed by atoms with Crippen molar-refractivity contribution in [3.63, 3.8) is 0 Å². The molecule has 1 aliphatic carbocycles. The molecule has 0 bridgehead atoms. The molecule has 0 heterocycles. The van der Waals surface area contributed by atoms with E-state index in [0.29, 0.717) is 11.5 Å². The molecule has 38 valence electrons. The SMILES string of the molecule is FC1=CCC(Cl)=C1. The first-order chi connectivity index (χ1) is 3.29. The van der Waals surface area contributed by atoms with Gasteiger partial charge in [0, 0.05) is 11.5 Å². The van der Waals surface area contributed by atoms with E-state index in [0.717, 1.165) is 0 Å². The molecular weight excluding hydrogens is 115 g/mol. The van der Waals surface area contributed by atoms with Crippen molar-refractivity contribution >= 4 is 11.6 Å².